The number of nitrogens with zero attached hydrogens (tertiary/aromatic N) is 2. The molecule has 8 heteroatoms. The van der Waals surface area contributed by atoms with E-state index in [-0.39, 0.29) is 28.0 Å². The molecule has 0 aliphatic heterocycles. The number of nitro groups is 1. The van der Waals surface area contributed by atoms with Gasteiger partial charge in [0.25, 0.3) is 5.69 Å². The average molecular weight is 258 g/mol. The molecule has 0 saturated carbocycles. The quantitative estimate of drug-likeness (QED) is 0.373. The maximum Gasteiger partial charge on any atom is 0.272 e. The molecular weight excluding hydrogens is 250 g/mol. The minimum Gasteiger partial charge on any atom is -0.410 e. The Kier molecular flexibility index (Phi) is 4.00. The van der Waals surface area contributed by atoms with E-state index in [2.05, 4.69) is 10.5 Å². The topological polar surface area (TPSA) is 105 Å². The van der Waals surface area contributed by atoms with E-state index < -0.39 is 4.92 Å². The minimum atomic E-state index is -0.643. The third-order valence-electron chi connectivity index (χ3n) is 1.77. The van der Waals surface area contributed by atoms with E-state index in [1.54, 1.807) is 0 Å². The number of nitrogens with one attached hydrogen (secondary N) is 1. The number of anilines is 1. The maximum atomic E-state index is 10.9. The first-order valence-corrected chi connectivity index (χ1v) is 4.77. The van der Waals surface area contributed by atoms with E-state index in [0.29, 0.717) is 0 Å². The van der Waals surface area contributed by atoms with Crippen LogP contribution in [0.1, 0.15) is 12.5 Å². The molecule has 0 heterocycles. The number of amides is 1. The standard InChI is InChI=1S/C9H8ClN3O4/c1-5(14)11-7-2-6(9(10)12-15)3-8(4-7)13(16)17/h2-4,15H,1H3,(H,11,14)/b12-9-. The van der Waals surface area contributed by atoms with Gasteiger partial charge in [-0.3, -0.25) is 14.9 Å². The fourth-order valence-corrected chi connectivity index (χ4v) is 1.28. The Morgan fingerprint density at radius 1 is 1.53 bits per heavy atom. The largest absolute Gasteiger partial charge is 0.410 e. The van der Waals surface area contributed by atoms with Crippen molar-refractivity contribution < 1.29 is 14.9 Å². The molecule has 1 aromatic rings. The first-order chi connectivity index (χ1) is 7.93. The normalized spacial score (nSPS) is 11.1. The molecule has 0 saturated heterocycles. The lowest BCUT2D eigenvalue weighted by molar-refractivity contribution is -0.384. The number of oxime groups is 1. The smallest absolute Gasteiger partial charge is 0.272 e. The number of hydrogen-bond donors (Lipinski definition) is 2. The van der Waals surface area contributed by atoms with Crippen molar-refractivity contribution in [2.24, 2.45) is 5.16 Å². The Hall–Kier alpha value is -2.15. The lowest BCUT2D eigenvalue weighted by atomic mass is 10.2. The maximum absolute atomic E-state index is 10.9. The molecule has 0 atom stereocenters. The molecule has 0 bridgehead atoms. The molecule has 7 nitrogen and oxygen atoms in total. The van der Waals surface area contributed by atoms with Crippen molar-refractivity contribution in [3.05, 3.63) is 33.9 Å². The number of nitro benzene ring substituents is 1. The third-order valence-corrected chi connectivity index (χ3v) is 2.07. The van der Waals surface area contributed by atoms with Crippen molar-refractivity contribution in [2.45, 2.75) is 6.92 Å². The highest BCUT2D eigenvalue weighted by Gasteiger charge is 2.13. The number of hydrogen-bond acceptors (Lipinski definition) is 5. The van der Waals surface area contributed by atoms with Gasteiger partial charge in [0, 0.05) is 30.3 Å². The van der Waals surface area contributed by atoms with Gasteiger partial charge in [-0.2, -0.15) is 0 Å². The molecule has 1 amide bonds. The SMILES string of the molecule is CC(=O)Nc1cc(/C(Cl)=N/O)cc([N+](=O)[O-])c1. The summed E-state index contributed by atoms with van der Waals surface area (Å²) in [6, 6.07) is 3.66. The van der Waals surface area contributed by atoms with Crippen LogP contribution < -0.4 is 5.32 Å². The summed E-state index contributed by atoms with van der Waals surface area (Å²) in [6.07, 6.45) is 0. The van der Waals surface area contributed by atoms with Gasteiger partial charge in [0.15, 0.2) is 5.17 Å². The summed E-state index contributed by atoms with van der Waals surface area (Å²) in [5, 5.41) is 23.9. The van der Waals surface area contributed by atoms with Gasteiger partial charge in [-0.1, -0.05) is 16.8 Å². The summed E-state index contributed by atoms with van der Waals surface area (Å²) < 4.78 is 0. The van der Waals surface area contributed by atoms with Gasteiger partial charge >= 0.3 is 0 Å². The lowest BCUT2D eigenvalue weighted by Crippen LogP contribution is -2.07. The Morgan fingerprint density at radius 2 is 2.18 bits per heavy atom. The Morgan fingerprint density at radius 3 is 2.65 bits per heavy atom. The zero-order chi connectivity index (χ0) is 13.0. The van der Waals surface area contributed by atoms with E-state index in [9.17, 15) is 14.9 Å². The predicted molar refractivity (Wildman–Crippen MR) is 61.6 cm³/mol. The highest BCUT2D eigenvalue weighted by molar-refractivity contribution is 6.69. The molecule has 0 aromatic heterocycles. The Labute approximate surface area is 101 Å². The van der Waals surface area contributed by atoms with Crippen LogP contribution in [0.25, 0.3) is 0 Å². The lowest BCUT2D eigenvalue weighted by Gasteiger charge is -2.04. The number of carbonyl (C=O) groups is 1. The van der Waals surface area contributed by atoms with Crippen molar-refractivity contribution in [3.63, 3.8) is 0 Å². The summed E-state index contributed by atoms with van der Waals surface area (Å²) in [5.41, 5.74) is 0.0590. The van der Waals surface area contributed by atoms with E-state index in [0.717, 1.165) is 6.07 Å². The fraction of sp³-hybridized carbons (Fsp3) is 0.111. The molecule has 0 radical (unpaired) electrons. The molecule has 90 valence electrons. The van der Waals surface area contributed by atoms with Crippen LogP contribution in [-0.2, 0) is 4.79 Å². The van der Waals surface area contributed by atoms with Crippen molar-refractivity contribution in [1.29, 1.82) is 0 Å². The summed E-state index contributed by atoms with van der Waals surface area (Å²) in [4.78, 5) is 20.9. The molecular formula is C9H8ClN3O4. The number of benzene rings is 1. The fourth-order valence-electron chi connectivity index (χ4n) is 1.17. The molecule has 1 aromatic carbocycles. The van der Waals surface area contributed by atoms with Gasteiger partial charge in [-0.05, 0) is 6.07 Å². The van der Waals surface area contributed by atoms with Crippen molar-refractivity contribution in [2.75, 3.05) is 5.32 Å². The molecule has 0 spiro atoms. The molecule has 0 unspecified atom stereocenters. The van der Waals surface area contributed by atoms with Crippen LogP contribution in [0.15, 0.2) is 23.4 Å². The van der Waals surface area contributed by atoms with E-state index in [1.165, 1.54) is 19.1 Å². The number of carbonyl (C=O) groups excluding carboxylic acids is 1. The molecule has 1 rings (SSSR count). The van der Waals surface area contributed by atoms with Crippen molar-refractivity contribution >= 4 is 34.1 Å². The monoisotopic (exact) mass is 257 g/mol. The van der Waals surface area contributed by atoms with E-state index >= 15 is 0 Å². The first kappa shape index (κ1) is 12.9. The van der Waals surface area contributed by atoms with Crippen molar-refractivity contribution in [3.8, 4) is 0 Å². The van der Waals surface area contributed by atoms with Crippen LogP contribution in [0.5, 0.6) is 0 Å². The molecule has 0 aliphatic rings. The summed E-state index contributed by atoms with van der Waals surface area (Å²) in [5.74, 6) is -0.381. The Balaban J connectivity index is 3.28. The van der Waals surface area contributed by atoms with Gasteiger partial charge < -0.3 is 10.5 Å². The first-order valence-electron chi connectivity index (χ1n) is 4.39. The number of non-ortho nitro benzene ring substituents is 1. The van der Waals surface area contributed by atoms with Crippen LogP contribution in [0.3, 0.4) is 0 Å². The van der Waals surface area contributed by atoms with Gasteiger partial charge in [-0.15, -0.1) is 0 Å². The zero-order valence-corrected chi connectivity index (χ0v) is 9.43. The second-order valence-electron chi connectivity index (χ2n) is 3.10. The second kappa shape index (κ2) is 5.26. The molecule has 17 heavy (non-hydrogen) atoms. The second-order valence-corrected chi connectivity index (χ2v) is 3.46. The third kappa shape index (κ3) is 3.42. The highest BCUT2D eigenvalue weighted by Crippen LogP contribution is 2.22. The predicted octanol–water partition coefficient (Wildman–Crippen LogP) is 1.93. The average Bonchev–Trinajstić information content (AvgIpc) is 2.26. The van der Waals surface area contributed by atoms with Crippen LogP contribution in [0, 0.1) is 10.1 Å². The van der Waals surface area contributed by atoms with Gasteiger partial charge in [0.2, 0.25) is 5.91 Å². The Bertz CT molecular complexity index is 501. The zero-order valence-electron chi connectivity index (χ0n) is 8.68. The summed E-state index contributed by atoms with van der Waals surface area (Å²) in [7, 11) is 0. The van der Waals surface area contributed by atoms with Gasteiger partial charge in [0.05, 0.1) is 4.92 Å². The molecule has 0 aliphatic carbocycles. The molecule has 2 N–H and O–H groups in total. The van der Waals surface area contributed by atoms with E-state index in [4.69, 9.17) is 16.8 Å². The summed E-state index contributed by atoms with van der Waals surface area (Å²) >= 11 is 5.54. The number of rotatable bonds is 3. The van der Waals surface area contributed by atoms with Crippen LogP contribution in [-0.4, -0.2) is 21.2 Å². The minimum absolute atomic E-state index is 0.132. The summed E-state index contributed by atoms with van der Waals surface area (Å²) in [6.45, 7) is 1.26. The molecule has 0 fully saturated rings. The number of halogens is 1. The van der Waals surface area contributed by atoms with Crippen LogP contribution in [0.2, 0.25) is 0 Å². The van der Waals surface area contributed by atoms with Crippen molar-refractivity contribution in [1.82, 2.24) is 0 Å². The highest BCUT2D eigenvalue weighted by atomic mass is 35.5. The van der Waals surface area contributed by atoms with Crippen LogP contribution >= 0.6 is 11.6 Å². The van der Waals surface area contributed by atoms with Gasteiger partial charge in [-0.25, -0.2) is 0 Å². The van der Waals surface area contributed by atoms with Crippen LogP contribution in [0.4, 0.5) is 11.4 Å². The van der Waals surface area contributed by atoms with Gasteiger partial charge in [0.1, 0.15) is 0 Å². The van der Waals surface area contributed by atoms with E-state index in [1.807, 2.05) is 0 Å².